The highest BCUT2D eigenvalue weighted by Gasteiger charge is 2.29. The normalized spacial score (nSPS) is 12.0. The Bertz CT molecular complexity index is 1290. The van der Waals surface area contributed by atoms with Crippen LogP contribution in [0.1, 0.15) is 42.5 Å². The topological polar surface area (TPSA) is 85.4 Å². The standard InChI is InChI=1S/C28H29N3O3/c1-18(2)19-9-11-22(12-10-19)30-28(34)27(20-7-5-4-6-8-20)31(3)26(33)15-21-17-29-25-14-13-23(32)16-24(21)25/h4-14,16-18,27,29,32H,15H2,1-3H3,(H,30,34)/t27-/m0/s1. The van der Waals surface area contributed by atoms with E-state index in [4.69, 9.17) is 0 Å². The molecule has 0 fully saturated rings. The fourth-order valence-corrected chi connectivity index (χ4v) is 4.09. The van der Waals surface area contributed by atoms with Crippen molar-refractivity contribution in [2.75, 3.05) is 12.4 Å². The van der Waals surface area contributed by atoms with Crippen molar-refractivity contribution in [3.05, 3.63) is 95.7 Å². The third kappa shape index (κ3) is 4.96. The summed E-state index contributed by atoms with van der Waals surface area (Å²) < 4.78 is 0. The summed E-state index contributed by atoms with van der Waals surface area (Å²) in [5.74, 6) is 0.0514. The number of aromatic amines is 1. The van der Waals surface area contributed by atoms with Crippen LogP contribution in [0.25, 0.3) is 10.9 Å². The maximum Gasteiger partial charge on any atom is 0.251 e. The van der Waals surface area contributed by atoms with Gasteiger partial charge in [-0.05, 0) is 52.9 Å². The van der Waals surface area contributed by atoms with Crippen LogP contribution in [0.4, 0.5) is 5.69 Å². The van der Waals surface area contributed by atoms with E-state index in [1.54, 1.807) is 31.4 Å². The lowest BCUT2D eigenvalue weighted by Crippen LogP contribution is -2.39. The van der Waals surface area contributed by atoms with Gasteiger partial charge >= 0.3 is 0 Å². The summed E-state index contributed by atoms with van der Waals surface area (Å²) in [5, 5.41) is 13.6. The van der Waals surface area contributed by atoms with Crippen LogP contribution in [0.15, 0.2) is 79.0 Å². The Morgan fingerprint density at radius 1 is 0.971 bits per heavy atom. The maximum atomic E-state index is 13.4. The highest BCUT2D eigenvalue weighted by molar-refractivity contribution is 5.98. The third-order valence-electron chi connectivity index (χ3n) is 6.08. The summed E-state index contributed by atoms with van der Waals surface area (Å²) in [5.41, 5.74) is 4.20. The number of amides is 2. The second kappa shape index (κ2) is 9.83. The van der Waals surface area contributed by atoms with E-state index in [0.29, 0.717) is 11.6 Å². The third-order valence-corrected chi connectivity index (χ3v) is 6.08. The van der Waals surface area contributed by atoms with E-state index in [2.05, 4.69) is 24.1 Å². The van der Waals surface area contributed by atoms with E-state index in [9.17, 15) is 14.7 Å². The molecule has 0 spiro atoms. The maximum absolute atomic E-state index is 13.4. The molecule has 0 bridgehead atoms. The van der Waals surface area contributed by atoms with Gasteiger partial charge in [0.15, 0.2) is 0 Å². The minimum Gasteiger partial charge on any atom is -0.508 e. The molecule has 0 aliphatic rings. The molecule has 3 N–H and O–H groups in total. The fraction of sp³-hybridized carbons (Fsp3) is 0.214. The van der Waals surface area contributed by atoms with Crippen LogP contribution < -0.4 is 5.32 Å². The van der Waals surface area contributed by atoms with Crippen LogP contribution in [-0.2, 0) is 16.0 Å². The van der Waals surface area contributed by atoms with Gasteiger partial charge < -0.3 is 20.3 Å². The number of hydrogen-bond donors (Lipinski definition) is 3. The lowest BCUT2D eigenvalue weighted by Gasteiger charge is -2.28. The van der Waals surface area contributed by atoms with Crippen molar-refractivity contribution in [3.8, 4) is 5.75 Å². The van der Waals surface area contributed by atoms with Crippen LogP contribution in [-0.4, -0.2) is 33.9 Å². The van der Waals surface area contributed by atoms with Gasteiger partial charge in [-0.2, -0.15) is 0 Å². The average molecular weight is 456 g/mol. The molecule has 34 heavy (non-hydrogen) atoms. The van der Waals surface area contributed by atoms with Crippen LogP contribution in [0.3, 0.4) is 0 Å². The molecule has 2 amide bonds. The molecule has 0 aliphatic carbocycles. The number of benzene rings is 3. The number of carbonyl (C=O) groups is 2. The zero-order chi connectivity index (χ0) is 24.2. The zero-order valence-electron chi connectivity index (χ0n) is 19.6. The monoisotopic (exact) mass is 455 g/mol. The quantitative estimate of drug-likeness (QED) is 0.350. The molecule has 4 aromatic rings. The lowest BCUT2D eigenvalue weighted by molar-refractivity contribution is -0.136. The predicted octanol–water partition coefficient (Wildman–Crippen LogP) is 5.38. The molecule has 0 saturated carbocycles. The minimum absolute atomic E-state index is 0.0969. The van der Waals surface area contributed by atoms with Gasteiger partial charge in [0.25, 0.3) is 5.91 Å². The Kier molecular flexibility index (Phi) is 6.68. The van der Waals surface area contributed by atoms with E-state index in [1.165, 1.54) is 10.5 Å². The van der Waals surface area contributed by atoms with Gasteiger partial charge in [0, 0.05) is 29.8 Å². The molecular weight excluding hydrogens is 426 g/mol. The van der Waals surface area contributed by atoms with Crippen LogP contribution >= 0.6 is 0 Å². The summed E-state index contributed by atoms with van der Waals surface area (Å²) in [6.45, 7) is 4.24. The Labute approximate surface area is 199 Å². The Morgan fingerprint density at radius 2 is 1.68 bits per heavy atom. The first-order valence-electron chi connectivity index (χ1n) is 11.3. The molecule has 0 radical (unpaired) electrons. The lowest BCUT2D eigenvalue weighted by atomic mass is 10.0. The van der Waals surface area contributed by atoms with E-state index in [0.717, 1.165) is 22.0 Å². The van der Waals surface area contributed by atoms with E-state index < -0.39 is 6.04 Å². The van der Waals surface area contributed by atoms with Crippen molar-refractivity contribution in [2.45, 2.75) is 32.2 Å². The van der Waals surface area contributed by atoms with Gasteiger partial charge in [0.2, 0.25) is 5.91 Å². The number of hydrogen-bond acceptors (Lipinski definition) is 3. The van der Waals surface area contributed by atoms with Crippen molar-refractivity contribution in [1.82, 2.24) is 9.88 Å². The number of H-pyrrole nitrogens is 1. The zero-order valence-corrected chi connectivity index (χ0v) is 19.6. The number of anilines is 1. The Morgan fingerprint density at radius 3 is 2.35 bits per heavy atom. The molecule has 0 aliphatic heterocycles. The minimum atomic E-state index is -0.794. The van der Waals surface area contributed by atoms with Crippen LogP contribution in [0.2, 0.25) is 0 Å². The summed E-state index contributed by atoms with van der Waals surface area (Å²) in [4.78, 5) is 31.3. The van der Waals surface area contributed by atoms with E-state index >= 15 is 0 Å². The smallest absolute Gasteiger partial charge is 0.251 e. The molecular formula is C28H29N3O3. The van der Waals surface area contributed by atoms with Gasteiger partial charge in [-0.15, -0.1) is 0 Å². The molecule has 6 heteroatoms. The Balaban J connectivity index is 1.57. The van der Waals surface area contributed by atoms with Gasteiger partial charge in [-0.25, -0.2) is 0 Å². The molecule has 1 atom stereocenters. The molecule has 0 saturated heterocycles. The highest BCUT2D eigenvalue weighted by atomic mass is 16.3. The number of carbonyl (C=O) groups excluding carboxylic acids is 2. The molecule has 1 heterocycles. The van der Waals surface area contributed by atoms with Gasteiger partial charge in [-0.3, -0.25) is 9.59 Å². The number of nitrogens with zero attached hydrogens (tertiary/aromatic N) is 1. The summed E-state index contributed by atoms with van der Waals surface area (Å²) >= 11 is 0. The second-order valence-corrected chi connectivity index (χ2v) is 8.80. The van der Waals surface area contributed by atoms with E-state index in [1.807, 2.05) is 54.6 Å². The molecule has 4 rings (SSSR count). The van der Waals surface area contributed by atoms with Crippen molar-refractivity contribution in [2.24, 2.45) is 0 Å². The van der Waals surface area contributed by atoms with Gasteiger partial charge in [-0.1, -0.05) is 56.3 Å². The number of likely N-dealkylation sites (N-methyl/N-ethyl adjacent to an activating group) is 1. The van der Waals surface area contributed by atoms with Crippen LogP contribution in [0.5, 0.6) is 5.75 Å². The van der Waals surface area contributed by atoms with Crippen molar-refractivity contribution in [3.63, 3.8) is 0 Å². The molecule has 174 valence electrons. The number of rotatable bonds is 7. The van der Waals surface area contributed by atoms with Gasteiger partial charge in [0.05, 0.1) is 6.42 Å². The summed E-state index contributed by atoms with van der Waals surface area (Å²) in [7, 11) is 1.65. The SMILES string of the molecule is CC(C)c1ccc(NC(=O)[C@H](c2ccccc2)N(C)C(=O)Cc2c[nH]c3ccc(O)cc23)cc1. The van der Waals surface area contributed by atoms with Gasteiger partial charge in [0.1, 0.15) is 11.8 Å². The number of phenols is 1. The largest absolute Gasteiger partial charge is 0.508 e. The second-order valence-electron chi connectivity index (χ2n) is 8.80. The first-order chi connectivity index (χ1) is 16.3. The highest BCUT2D eigenvalue weighted by Crippen LogP contribution is 2.27. The van der Waals surface area contributed by atoms with Crippen molar-refractivity contribution < 1.29 is 14.7 Å². The number of nitrogens with one attached hydrogen (secondary N) is 2. The molecule has 6 nitrogen and oxygen atoms in total. The van der Waals surface area contributed by atoms with Crippen molar-refractivity contribution in [1.29, 1.82) is 0 Å². The number of aromatic nitrogens is 1. The number of phenolic OH excluding ortho intramolecular Hbond substituents is 1. The first kappa shape index (κ1) is 23.1. The molecule has 3 aromatic carbocycles. The van der Waals surface area contributed by atoms with Crippen molar-refractivity contribution >= 4 is 28.4 Å². The van der Waals surface area contributed by atoms with Crippen LogP contribution in [0, 0.1) is 0 Å². The molecule has 0 unspecified atom stereocenters. The summed E-state index contributed by atoms with van der Waals surface area (Å²) in [6, 6.07) is 21.3. The first-order valence-corrected chi connectivity index (χ1v) is 11.3. The summed E-state index contributed by atoms with van der Waals surface area (Å²) in [6.07, 6.45) is 1.86. The predicted molar refractivity (Wildman–Crippen MR) is 135 cm³/mol. The molecule has 1 aromatic heterocycles. The average Bonchev–Trinajstić information content (AvgIpc) is 3.21. The fourth-order valence-electron chi connectivity index (χ4n) is 4.09. The number of fused-ring (bicyclic) bond motifs is 1. The Hall–Kier alpha value is -4.06. The number of aromatic hydroxyl groups is 1. The van der Waals surface area contributed by atoms with E-state index in [-0.39, 0.29) is 24.0 Å².